The van der Waals surface area contributed by atoms with Gasteiger partial charge >= 0.3 is 6.16 Å². The molecule has 2 aliphatic heterocycles. The van der Waals surface area contributed by atoms with Gasteiger partial charge in [0.15, 0.2) is 6.73 Å². The summed E-state index contributed by atoms with van der Waals surface area (Å²) in [5.74, 6) is -1.61. The van der Waals surface area contributed by atoms with Crippen LogP contribution in [0.4, 0.5) is 4.79 Å². The molecule has 2 aliphatic rings. The molecule has 2 unspecified atom stereocenters. The van der Waals surface area contributed by atoms with Crippen LogP contribution in [0.15, 0.2) is 0 Å². The topological polar surface area (TPSA) is 126 Å². The van der Waals surface area contributed by atoms with E-state index >= 15 is 0 Å². The van der Waals surface area contributed by atoms with Crippen molar-refractivity contribution in [3.63, 3.8) is 0 Å². The summed E-state index contributed by atoms with van der Waals surface area (Å²) in [6, 6.07) is -0.500. The van der Waals surface area contributed by atoms with Crippen LogP contribution in [0.2, 0.25) is 0 Å². The van der Waals surface area contributed by atoms with Gasteiger partial charge in [0.1, 0.15) is 0 Å². The Morgan fingerprint density at radius 1 is 0.862 bits per heavy atom. The Hall–Kier alpha value is -2.53. The summed E-state index contributed by atoms with van der Waals surface area (Å²) in [4.78, 5) is 63.8. The SMILES string of the molecule is CC(C)COC(=O)OCN1C(=O)CN(C(C)C(C)N2CC(=O)NC(=O)C2)CC1=O. The Balaban J connectivity index is 1.89. The molecule has 2 atom stereocenters. The molecule has 2 saturated heterocycles. The third-order valence-electron chi connectivity index (χ3n) is 4.95. The van der Waals surface area contributed by atoms with E-state index in [1.807, 2.05) is 27.7 Å². The van der Waals surface area contributed by atoms with Crippen LogP contribution >= 0.6 is 0 Å². The number of nitrogens with one attached hydrogen (secondary N) is 1. The summed E-state index contributed by atoms with van der Waals surface area (Å²) in [5.41, 5.74) is 0. The maximum atomic E-state index is 12.4. The summed E-state index contributed by atoms with van der Waals surface area (Å²) in [6.45, 7) is 7.15. The molecule has 0 spiro atoms. The first-order valence-electron chi connectivity index (χ1n) is 9.52. The second-order valence-corrected chi connectivity index (χ2v) is 7.71. The fourth-order valence-electron chi connectivity index (χ4n) is 3.10. The molecular weight excluding hydrogens is 384 g/mol. The second kappa shape index (κ2) is 9.79. The number of imide groups is 2. The Bertz CT molecular complexity index is 647. The molecule has 162 valence electrons. The Labute approximate surface area is 169 Å². The van der Waals surface area contributed by atoms with Crippen molar-refractivity contribution < 1.29 is 33.4 Å². The molecule has 0 bridgehead atoms. The van der Waals surface area contributed by atoms with E-state index in [0.29, 0.717) is 0 Å². The molecule has 2 heterocycles. The van der Waals surface area contributed by atoms with Gasteiger partial charge in [-0.1, -0.05) is 13.8 Å². The monoisotopic (exact) mass is 412 g/mol. The predicted molar refractivity (Wildman–Crippen MR) is 99.2 cm³/mol. The van der Waals surface area contributed by atoms with Gasteiger partial charge in [-0.05, 0) is 19.8 Å². The molecule has 11 heteroatoms. The molecular formula is C18H28N4O7. The number of amides is 4. The van der Waals surface area contributed by atoms with Crippen molar-refractivity contribution in [1.29, 1.82) is 0 Å². The minimum absolute atomic E-state index is 0.0460. The lowest BCUT2D eigenvalue weighted by atomic mass is 10.1. The highest BCUT2D eigenvalue weighted by Gasteiger charge is 2.38. The summed E-state index contributed by atoms with van der Waals surface area (Å²) >= 11 is 0. The van der Waals surface area contributed by atoms with Crippen molar-refractivity contribution in [3.05, 3.63) is 0 Å². The van der Waals surface area contributed by atoms with Crippen LogP contribution in [0.3, 0.4) is 0 Å². The molecule has 0 saturated carbocycles. The van der Waals surface area contributed by atoms with E-state index in [-0.39, 0.29) is 62.6 Å². The predicted octanol–water partition coefficient (Wildman–Crippen LogP) is -0.841. The Kier molecular flexibility index (Phi) is 7.68. The van der Waals surface area contributed by atoms with Gasteiger partial charge in [-0.2, -0.15) is 0 Å². The molecule has 1 N–H and O–H groups in total. The highest BCUT2D eigenvalue weighted by atomic mass is 16.7. The zero-order valence-electron chi connectivity index (χ0n) is 17.2. The molecule has 0 radical (unpaired) electrons. The first-order valence-corrected chi connectivity index (χ1v) is 9.52. The van der Waals surface area contributed by atoms with E-state index in [1.54, 1.807) is 9.80 Å². The van der Waals surface area contributed by atoms with Gasteiger partial charge in [-0.15, -0.1) is 0 Å². The van der Waals surface area contributed by atoms with Crippen LogP contribution in [-0.2, 0) is 28.7 Å². The van der Waals surface area contributed by atoms with Crippen molar-refractivity contribution in [2.24, 2.45) is 5.92 Å². The maximum absolute atomic E-state index is 12.4. The third-order valence-corrected chi connectivity index (χ3v) is 4.95. The van der Waals surface area contributed by atoms with Crippen LogP contribution in [0.1, 0.15) is 27.7 Å². The molecule has 2 rings (SSSR count). The van der Waals surface area contributed by atoms with E-state index in [0.717, 1.165) is 4.90 Å². The Morgan fingerprint density at radius 3 is 1.83 bits per heavy atom. The van der Waals surface area contributed by atoms with Crippen LogP contribution in [0.25, 0.3) is 0 Å². The number of ether oxygens (including phenoxy) is 2. The highest BCUT2D eigenvalue weighted by molar-refractivity contribution is 6.00. The average Bonchev–Trinajstić information content (AvgIpc) is 2.63. The summed E-state index contributed by atoms with van der Waals surface area (Å²) in [7, 11) is 0. The van der Waals surface area contributed by atoms with Crippen LogP contribution in [-0.4, -0.2) is 96.1 Å². The number of rotatable bonds is 7. The molecule has 2 fully saturated rings. The van der Waals surface area contributed by atoms with Gasteiger partial charge < -0.3 is 9.47 Å². The first kappa shape index (κ1) is 22.8. The molecule has 11 nitrogen and oxygen atoms in total. The lowest BCUT2D eigenvalue weighted by Gasteiger charge is -2.41. The third kappa shape index (κ3) is 6.23. The molecule has 4 amide bonds. The number of carbonyl (C=O) groups excluding carboxylic acids is 5. The summed E-state index contributed by atoms with van der Waals surface area (Å²) in [6.07, 6.45) is -0.934. The van der Waals surface area contributed by atoms with Crippen LogP contribution in [0.5, 0.6) is 0 Å². The standard InChI is InChI=1S/C18H28N4O7/c1-11(2)9-28-18(27)29-10-22-16(25)7-21(8-17(22)26)13(4)12(3)20-5-14(23)19-15(24)6-20/h11-13H,5-10H2,1-4H3,(H,19,23,24). The van der Waals surface area contributed by atoms with Crippen LogP contribution < -0.4 is 5.32 Å². The average molecular weight is 412 g/mol. The van der Waals surface area contributed by atoms with Crippen molar-refractivity contribution in [2.75, 3.05) is 39.5 Å². The summed E-state index contributed by atoms with van der Waals surface area (Å²) in [5, 5.41) is 2.24. The fraction of sp³-hybridized carbons (Fsp3) is 0.722. The van der Waals surface area contributed by atoms with E-state index in [1.165, 1.54) is 0 Å². The van der Waals surface area contributed by atoms with E-state index in [9.17, 15) is 24.0 Å². The normalized spacial score (nSPS) is 21.2. The number of hydrogen-bond acceptors (Lipinski definition) is 9. The van der Waals surface area contributed by atoms with Crippen molar-refractivity contribution in [3.8, 4) is 0 Å². The molecule has 0 aromatic rings. The van der Waals surface area contributed by atoms with Gasteiger partial charge in [0.05, 0.1) is 32.8 Å². The van der Waals surface area contributed by atoms with Gasteiger partial charge in [0, 0.05) is 12.1 Å². The number of piperazine rings is 2. The quantitative estimate of drug-likeness (QED) is 0.421. The second-order valence-electron chi connectivity index (χ2n) is 7.71. The molecule has 29 heavy (non-hydrogen) atoms. The van der Waals surface area contributed by atoms with Crippen molar-refractivity contribution >= 4 is 29.8 Å². The highest BCUT2D eigenvalue weighted by Crippen LogP contribution is 2.16. The molecule has 0 aromatic carbocycles. The van der Waals surface area contributed by atoms with E-state index in [2.05, 4.69) is 5.32 Å². The first-order chi connectivity index (χ1) is 13.6. The molecule has 0 aromatic heterocycles. The number of nitrogens with zero attached hydrogens (tertiary/aromatic N) is 3. The smallest absolute Gasteiger partial charge is 0.434 e. The van der Waals surface area contributed by atoms with Crippen LogP contribution in [0, 0.1) is 5.92 Å². The van der Waals surface area contributed by atoms with Crippen molar-refractivity contribution in [2.45, 2.75) is 39.8 Å². The largest absolute Gasteiger partial charge is 0.510 e. The van der Waals surface area contributed by atoms with Gasteiger partial charge in [-0.3, -0.25) is 34.3 Å². The van der Waals surface area contributed by atoms with Crippen molar-refractivity contribution in [1.82, 2.24) is 20.0 Å². The number of carbonyl (C=O) groups is 5. The zero-order chi connectivity index (χ0) is 21.7. The van der Waals surface area contributed by atoms with Gasteiger partial charge in [0.25, 0.3) is 0 Å². The minimum Gasteiger partial charge on any atom is -0.434 e. The lowest BCUT2D eigenvalue weighted by Crippen LogP contribution is -2.62. The minimum atomic E-state index is -0.934. The maximum Gasteiger partial charge on any atom is 0.510 e. The Morgan fingerprint density at radius 2 is 1.34 bits per heavy atom. The zero-order valence-corrected chi connectivity index (χ0v) is 17.2. The van der Waals surface area contributed by atoms with Gasteiger partial charge in [0.2, 0.25) is 23.6 Å². The fourth-order valence-corrected chi connectivity index (χ4v) is 3.10. The van der Waals surface area contributed by atoms with Gasteiger partial charge in [-0.25, -0.2) is 9.69 Å². The summed E-state index contributed by atoms with van der Waals surface area (Å²) < 4.78 is 9.70. The molecule has 0 aliphatic carbocycles. The number of hydrogen-bond donors (Lipinski definition) is 1. The lowest BCUT2D eigenvalue weighted by molar-refractivity contribution is -0.158. The van der Waals surface area contributed by atoms with E-state index in [4.69, 9.17) is 9.47 Å². The van der Waals surface area contributed by atoms with E-state index < -0.39 is 24.7 Å².